The molecule has 0 bridgehead atoms. The summed E-state index contributed by atoms with van der Waals surface area (Å²) in [6.45, 7) is 0. The van der Waals surface area contributed by atoms with Crippen LogP contribution in [0.4, 0.5) is 0 Å². The van der Waals surface area contributed by atoms with Crippen LogP contribution in [0.2, 0.25) is 0 Å². The van der Waals surface area contributed by atoms with Gasteiger partial charge in [-0.05, 0) is 40.4 Å². The average Bonchev–Trinajstić information content (AvgIpc) is 3.09. The Morgan fingerprint density at radius 2 is 1.59 bits per heavy atom. The zero-order valence-corrected chi connectivity index (χ0v) is 14.5. The third kappa shape index (κ3) is 3.53. The second kappa shape index (κ2) is 6.96. The van der Waals surface area contributed by atoms with Crippen molar-refractivity contribution in [1.82, 2.24) is 10.3 Å². The van der Waals surface area contributed by atoms with Crippen LogP contribution < -0.4 is 5.32 Å². The van der Waals surface area contributed by atoms with Gasteiger partial charge in [-0.25, -0.2) is 4.79 Å². The van der Waals surface area contributed by atoms with Crippen molar-refractivity contribution >= 4 is 33.6 Å². The Kier molecular flexibility index (Phi) is 4.34. The number of nitrogens with one attached hydrogen (secondary N) is 2. The molecule has 134 valence electrons. The number of para-hydroxylation sites is 1. The van der Waals surface area contributed by atoms with Gasteiger partial charge in [0, 0.05) is 23.2 Å². The predicted molar refractivity (Wildman–Crippen MR) is 105 cm³/mol. The molecule has 1 amide bonds. The summed E-state index contributed by atoms with van der Waals surface area (Å²) in [7, 11) is 0. The fourth-order valence-electron chi connectivity index (χ4n) is 3.24. The van der Waals surface area contributed by atoms with Crippen LogP contribution in [-0.4, -0.2) is 28.0 Å². The maximum atomic E-state index is 12.6. The highest BCUT2D eigenvalue weighted by atomic mass is 16.4. The third-order valence-corrected chi connectivity index (χ3v) is 4.62. The molecule has 0 radical (unpaired) electrons. The van der Waals surface area contributed by atoms with Crippen molar-refractivity contribution in [2.45, 2.75) is 12.5 Å². The molecule has 5 heteroatoms. The van der Waals surface area contributed by atoms with E-state index >= 15 is 0 Å². The van der Waals surface area contributed by atoms with E-state index in [4.69, 9.17) is 0 Å². The van der Waals surface area contributed by atoms with Crippen LogP contribution >= 0.6 is 0 Å². The van der Waals surface area contributed by atoms with E-state index < -0.39 is 17.9 Å². The highest BCUT2D eigenvalue weighted by Crippen LogP contribution is 2.17. The lowest BCUT2D eigenvalue weighted by Crippen LogP contribution is -2.42. The number of aromatic amines is 1. The van der Waals surface area contributed by atoms with Gasteiger partial charge in [0.2, 0.25) is 0 Å². The Labute approximate surface area is 155 Å². The van der Waals surface area contributed by atoms with E-state index in [9.17, 15) is 14.7 Å². The van der Waals surface area contributed by atoms with Crippen LogP contribution in [0.5, 0.6) is 0 Å². The molecule has 3 aromatic carbocycles. The lowest BCUT2D eigenvalue weighted by atomic mass is 10.1. The van der Waals surface area contributed by atoms with Gasteiger partial charge in [0.05, 0.1) is 0 Å². The Morgan fingerprint density at radius 1 is 0.889 bits per heavy atom. The zero-order chi connectivity index (χ0) is 18.8. The number of hydrogen-bond donors (Lipinski definition) is 3. The van der Waals surface area contributed by atoms with Crippen molar-refractivity contribution in [2.75, 3.05) is 0 Å². The molecular weight excluding hydrogens is 340 g/mol. The van der Waals surface area contributed by atoms with Crippen LogP contribution in [0, 0.1) is 0 Å². The normalized spacial score (nSPS) is 12.1. The SMILES string of the molecule is O=C(NC(Cc1cc2ccccc2[nH]1)C(=O)O)c1ccc2ccccc2c1. The molecule has 1 heterocycles. The number of carboxylic acids is 1. The second-order valence-corrected chi connectivity index (χ2v) is 6.51. The summed E-state index contributed by atoms with van der Waals surface area (Å²) < 4.78 is 0. The lowest BCUT2D eigenvalue weighted by molar-refractivity contribution is -0.139. The highest BCUT2D eigenvalue weighted by molar-refractivity contribution is 6.00. The summed E-state index contributed by atoms with van der Waals surface area (Å²) in [4.78, 5) is 27.5. The van der Waals surface area contributed by atoms with Crippen LogP contribution in [-0.2, 0) is 11.2 Å². The number of carbonyl (C=O) groups is 2. The maximum absolute atomic E-state index is 12.6. The molecule has 1 unspecified atom stereocenters. The Morgan fingerprint density at radius 3 is 2.33 bits per heavy atom. The lowest BCUT2D eigenvalue weighted by Gasteiger charge is -2.14. The van der Waals surface area contributed by atoms with Crippen molar-refractivity contribution in [3.63, 3.8) is 0 Å². The fourth-order valence-corrected chi connectivity index (χ4v) is 3.24. The topological polar surface area (TPSA) is 82.2 Å². The second-order valence-electron chi connectivity index (χ2n) is 6.51. The van der Waals surface area contributed by atoms with Crippen molar-refractivity contribution in [1.29, 1.82) is 0 Å². The van der Waals surface area contributed by atoms with E-state index in [0.29, 0.717) is 5.56 Å². The van der Waals surface area contributed by atoms with Gasteiger partial charge in [0.15, 0.2) is 0 Å². The summed E-state index contributed by atoms with van der Waals surface area (Å²) >= 11 is 0. The first kappa shape index (κ1) is 16.8. The molecular formula is C22H18N2O3. The summed E-state index contributed by atoms with van der Waals surface area (Å²) in [6.07, 6.45) is 0.184. The van der Waals surface area contributed by atoms with Crippen LogP contribution in [0.1, 0.15) is 16.1 Å². The molecule has 0 fully saturated rings. The standard InChI is InChI=1S/C22H18N2O3/c25-21(17-10-9-14-5-1-2-6-15(14)11-17)24-20(22(26)27)13-18-12-16-7-3-4-8-19(16)23-18/h1-12,20,23H,13H2,(H,24,25)(H,26,27). The van der Waals surface area contributed by atoms with Crippen molar-refractivity contribution < 1.29 is 14.7 Å². The monoisotopic (exact) mass is 358 g/mol. The van der Waals surface area contributed by atoms with Gasteiger partial charge >= 0.3 is 5.97 Å². The van der Waals surface area contributed by atoms with Gasteiger partial charge in [0.1, 0.15) is 6.04 Å². The van der Waals surface area contributed by atoms with Crippen molar-refractivity contribution in [3.8, 4) is 0 Å². The van der Waals surface area contributed by atoms with E-state index in [-0.39, 0.29) is 6.42 Å². The van der Waals surface area contributed by atoms with Gasteiger partial charge in [-0.2, -0.15) is 0 Å². The smallest absolute Gasteiger partial charge is 0.326 e. The number of carbonyl (C=O) groups excluding carboxylic acids is 1. The van der Waals surface area contributed by atoms with Crippen molar-refractivity contribution in [3.05, 3.63) is 84.1 Å². The summed E-state index contributed by atoms with van der Waals surface area (Å²) in [5.74, 6) is -1.47. The fraction of sp³-hybridized carbons (Fsp3) is 0.0909. The number of benzene rings is 3. The molecule has 0 spiro atoms. The number of rotatable bonds is 5. The average molecular weight is 358 g/mol. The molecule has 5 nitrogen and oxygen atoms in total. The number of aliphatic carboxylic acids is 1. The molecule has 0 aliphatic rings. The third-order valence-electron chi connectivity index (χ3n) is 4.62. The molecule has 0 aliphatic heterocycles. The maximum Gasteiger partial charge on any atom is 0.326 e. The molecule has 4 rings (SSSR count). The quantitative estimate of drug-likeness (QED) is 0.508. The predicted octanol–water partition coefficient (Wildman–Crippen LogP) is 3.75. The molecule has 0 saturated carbocycles. The summed E-state index contributed by atoms with van der Waals surface area (Å²) in [5, 5.41) is 15.2. The van der Waals surface area contributed by atoms with E-state index in [1.54, 1.807) is 12.1 Å². The minimum atomic E-state index is -1.07. The number of amides is 1. The molecule has 3 N–H and O–H groups in total. The van der Waals surface area contributed by atoms with E-state index in [1.807, 2.05) is 60.7 Å². The summed E-state index contributed by atoms with van der Waals surface area (Å²) in [6, 6.07) is 21.7. The van der Waals surface area contributed by atoms with Gasteiger partial charge in [0.25, 0.3) is 5.91 Å². The number of fused-ring (bicyclic) bond motifs is 2. The Hall–Kier alpha value is -3.60. The van der Waals surface area contributed by atoms with Crippen LogP contribution in [0.15, 0.2) is 72.8 Å². The number of hydrogen-bond acceptors (Lipinski definition) is 2. The first-order valence-corrected chi connectivity index (χ1v) is 8.69. The highest BCUT2D eigenvalue weighted by Gasteiger charge is 2.22. The minimum absolute atomic E-state index is 0.184. The minimum Gasteiger partial charge on any atom is -0.480 e. The molecule has 0 aliphatic carbocycles. The molecule has 1 aromatic heterocycles. The number of H-pyrrole nitrogens is 1. The Balaban J connectivity index is 1.54. The van der Waals surface area contributed by atoms with Crippen LogP contribution in [0.3, 0.4) is 0 Å². The van der Waals surface area contributed by atoms with Gasteiger partial charge in [-0.15, -0.1) is 0 Å². The van der Waals surface area contributed by atoms with E-state index in [2.05, 4.69) is 10.3 Å². The molecule has 4 aromatic rings. The Bertz CT molecular complexity index is 1110. The molecule has 0 saturated heterocycles. The van der Waals surface area contributed by atoms with E-state index in [0.717, 1.165) is 27.4 Å². The van der Waals surface area contributed by atoms with E-state index in [1.165, 1.54) is 0 Å². The largest absolute Gasteiger partial charge is 0.480 e. The summed E-state index contributed by atoms with van der Waals surface area (Å²) in [5.41, 5.74) is 2.15. The van der Waals surface area contributed by atoms with Gasteiger partial charge < -0.3 is 15.4 Å². The first-order valence-electron chi connectivity index (χ1n) is 8.69. The number of aromatic nitrogens is 1. The van der Waals surface area contributed by atoms with Gasteiger partial charge in [-0.3, -0.25) is 4.79 Å². The van der Waals surface area contributed by atoms with Crippen molar-refractivity contribution in [2.24, 2.45) is 0 Å². The first-order chi connectivity index (χ1) is 13.1. The van der Waals surface area contributed by atoms with Crippen LogP contribution in [0.25, 0.3) is 21.7 Å². The molecule has 27 heavy (non-hydrogen) atoms. The van der Waals surface area contributed by atoms with Gasteiger partial charge in [-0.1, -0.05) is 48.5 Å². The zero-order valence-electron chi connectivity index (χ0n) is 14.5. The number of carboxylic acid groups (broad SMARTS) is 1. The molecule has 1 atom stereocenters.